The number of pyridine rings is 1. The van der Waals surface area contributed by atoms with Gasteiger partial charge >= 0.3 is 0 Å². The van der Waals surface area contributed by atoms with Crippen molar-refractivity contribution in [3.63, 3.8) is 0 Å². The Morgan fingerprint density at radius 1 is 1.25 bits per heavy atom. The minimum Gasteiger partial charge on any atom is -0.493 e. The molecule has 3 aromatic rings. The number of halogens is 1. The number of aromatic nitrogens is 2. The zero-order valence-electron chi connectivity index (χ0n) is 16.0. The molecule has 0 aliphatic carbocycles. The van der Waals surface area contributed by atoms with Gasteiger partial charge in [-0.25, -0.2) is 4.98 Å². The Kier molecular flexibility index (Phi) is 6.36. The van der Waals surface area contributed by atoms with E-state index in [1.807, 2.05) is 61.0 Å². The third-order valence-corrected chi connectivity index (χ3v) is 4.36. The number of amides is 1. The van der Waals surface area contributed by atoms with Crippen molar-refractivity contribution in [3.8, 4) is 11.5 Å². The molecule has 6 nitrogen and oxygen atoms in total. The van der Waals surface area contributed by atoms with Crippen LogP contribution in [0.5, 0.6) is 11.5 Å². The number of carbonyl (C=O) groups excluding carboxylic acids is 1. The highest BCUT2D eigenvalue weighted by atomic mass is 79.9. The van der Waals surface area contributed by atoms with Gasteiger partial charge in [0.1, 0.15) is 5.65 Å². The number of ether oxygens (including phenoxy) is 2. The molecule has 0 bridgehead atoms. The fourth-order valence-corrected chi connectivity index (χ4v) is 3.00. The highest BCUT2D eigenvalue weighted by Gasteiger charge is 2.07. The average Bonchev–Trinajstić information content (AvgIpc) is 3.07. The fraction of sp³-hybridized carbons (Fsp3) is 0.238. The predicted molar refractivity (Wildman–Crippen MR) is 113 cm³/mol. The third-order valence-electron chi connectivity index (χ3n) is 3.89. The fourth-order valence-electron chi connectivity index (χ4n) is 2.65. The van der Waals surface area contributed by atoms with Gasteiger partial charge in [-0.3, -0.25) is 4.79 Å². The third kappa shape index (κ3) is 5.13. The number of carbonyl (C=O) groups is 1. The van der Waals surface area contributed by atoms with Gasteiger partial charge in [0.15, 0.2) is 11.5 Å². The molecular weight excluding hydrogens is 422 g/mol. The van der Waals surface area contributed by atoms with Crippen LogP contribution >= 0.6 is 15.9 Å². The normalized spacial score (nSPS) is 11.3. The minimum atomic E-state index is -0.195. The van der Waals surface area contributed by atoms with Crippen LogP contribution in [0, 0.1) is 0 Å². The van der Waals surface area contributed by atoms with Crippen molar-refractivity contribution in [2.75, 3.05) is 7.11 Å². The maximum atomic E-state index is 12.1. The number of hydrogen-bond donors (Lipinski definition) is 1. The number of benzene rings is 1. The predicted octanol–water partition coefficient (Wildman–Crippen LogP) is 4.22. The monoisotopic (exact) mass is 443 g/mol. The number of imidazole rings is 1. The Hall–Kier alpha value is -2.80. The second-order valence-corrected chi connectivity index (χ2v) is 7.39. The SMILES string of the molecule is COc1cc(C=CC(=O)NCc2cn3cc(Br)ccc3n2)ccc1OC(C)C. The molecule has 2 heterocycles. The Labute approximate surface area is 172 Å². The van der Waals surface area contributed by atoms with Gasteiger partial charge < -0.3 is 19.2 Å². The van der Waals surface area contributed by atoms with Gasteiger partial charge in [0.25, 0.3) is 0 Å². The maximum absolute atomic E-state index is 12.1. The molecule has 0 unspecified atom stereocenters. The molecule has 0 saturated carbocycles. The summed E-state index contributed by atoms with van der Waals surface area (Å²) in [6.07, 6.45) is 7.10. The lowest BCUT2D eigenvalue weighted by Gasteiger charge is -2.13. The number of methoxy groups -OCH3 is 1. The second kappa shape index (κ2) is 8.93. The number of rotatable bonds is 7. The van der Waals surface area contributed by atoms with E-state index in [-0.39, 0.29) is 12.0 Å². The topological polar surface area (TPSA) is 64.9 Å². The van der Waals surface area contributed by atoms with Gasteiger partial charge in [-0.15, -0.1) is 0 Å². The minimum absolute atomic E-state index is 0.0572. The van der Waals surface area contributed by atoms with E-state index in [2.05, 4.69) is 26.2 Å². The van der Waals surface area contributed by atoms with E-state index >= 15 is 0 Å². The highest BCUT2D eigenvalue weighted by Crippen LogP contribution is 2.29. The molecule has 28 heavy (non-hydrogen) atoms. The van der Waals surface area contributed by atoms with Crippen LogP contribution in [0.2, 0.25) is 0 Å². The highest BCUT2D eigenvalue weighted by molar-refractivity contribution is 9.10. The Balaban J connectivity index is 1.61. The van der Waals surface area contributed by atoms with Crippen molar-refractivity contribution in [1.29, 1.82) is 0 Å². The van der Waals surface area contributed by atoms with Gasteiger partial charge in [-0.05, 0) is 65.7 Å². The standard InChI is InChI=1S/C21H22BrN3O3/c1-14(2)28-18-7-4-15(10-19(18)27-3)5-9-21(26)23-11-17-13-25-12-16(22)6-8-20(25)24-17/h4-10,12-14H,11H2,1-3H3,(H,23,26). The van der Waals surface area contributed by atoms with Crippen LogP contribution in [0.4, 0.5) is 0 Å². The summed E-state index contributed by atoms with van der Waals surface area (Å²) in [5, 5.41) is 2.84. The van der Waals surface area contributed by atoms with Crippen LogP contribution in [0.1, 0.15) is 25.1 Å². The smallest absolute Gasteiger partial charge is 0.244 e. The number of nitrogens with zero attached hydrogens (tertiary/aromatic N) is 2. The summed E-state index contributed by atoms with van der Waals surface area (Å²) in [7, 11) is 1.59. The number of nitrogens with one attached hydrogen (secondary N) is 1. The van der Waals surface area contributed by atoms with Crippen molar-refractivity contribution in [3.05, 3.63) is 64.5 Å². The van der Waals surface area contributed by atoms with Gasteiger partial charge in [-0.2, -0.15) is 0 Å². The molecule has 1 N–H and O–H groups in total. The van der Waals surface area contributed by atoms with E-state index in [0.29, 0.717) is 18.0 Å². The Morgan fingerprint density at radius 3 is 2.82 bits per heavy atom. The molecule has 146 valence electrons. The summed E-state index contributed by atoms with van der Waals surface area (Å²) < 4.78 is 13.9. The quantitative estimate of drug-likeness (QED) is 0.555. The first-order valence-corrected chi connectivity index (χ1v) is 9.67. The maximum Gasteiger partial charge on any atom is 0.244 e. The van der Waals surface area contributed by atoms with Crippen molar-refractivity contribution in [2.24, 2.45) is 0 Å². The lowest BCUT2D eigenvalue weighted by Crippen LogP contribution is -2.20. The Bertz CT molecular complexity index is 1010. The molecule has 1 amide bonds. The molecule has 7 heteroatoms. The van der Waals surface area contributed by atoms with E-state index in [4.69, 9.17) is 9.47 Å². The molecular formula is C21H22BrN3O3. The first kappa shape index (κ1) is 19.9. The van der Waals surface area contributed by atoms with Crippen LogP contribution in [0.15, 0.2) is 53.3 Å². The zero-order chi connectivity index (χ0) is 20.1. The van der Waals surface area contributed by atoms with Gasteiger partial charge in [-0.1, -0.05) is 6.07 Å². The van der Waals surface area contributed by atoms with E-state index in [1.165, 1.54) is 6.08 Å². The lowest BCUT2D eigenvalue weighted by molar-refractivity contribution is -0.116. The molecule has 0 fully saturated rings. The molecule has 0 radical (unpaired) electrons. The number of hydrogen-bond acceptors (Lipinski definition) is 4. The molecule has 0 atom stereocenters. The molecule has 1 aromatic carbocycles. The first-order valence-electron chi connectivity index (χ1n) is 8.88. The van der Waals surface area contributed by atoms with Crippen LogP contribution in [-0.2, 0) is 11.3 Å². The summed E-state index contributed by atoms with van der Waals surface area (Å²) >= 11 is 3.43. The largest absolute Gasteiger partial charge is 0.493 e. The summed E-state index contributed by atoms with van der Waals surface area (Å²) in [5.74, 6) is 1.12. The lowest BCUT2D eigenvalue weighted by atomic mass is 10.2. The van der Waals surface area contributed by atoms with Crippen molar-refractivity contribution in [1.82, 2.24) is 14.7 Å². The van der Waals surface area contributed by atoms with Gasteiger partial charge in [0.2, 0.25) is 5.91 Å². The van der Waals surface area contributed by atoms with Crippen LogP contribution in [0.3, 0.4) is 0 Å². The van der Waals surface area contributed by atoms with Crippen LogP contribution < -0.4 is 14.8 Å². The van der Waals surface area contributed by atoms with Crippen LogP contribution in [0.25, 0.3) is 11.7 Å². The van der Waals surface area contributed by atoms with E-state index in [9.17, 15) is 4.79 Å². The van der Waals surface area contributed by atoms with E-state index in [0.717, 1.165) is 21.4 Å². The van der Waals surface area contributed by atoms with Gasteiger partial charge in [0.05, 0.1) is 25.5 Å². The van der Waals surface area contributed by atoms with Crippen molar-refractivity contribution >= 4 is 33.6 Å². The summed E-state index contributed by atoms with van der Waals surface area (Å²) in [5.41, 5.74) is 2.47. The molecule has 2 aromatic heterocycles. The second-order valence-electron chi connectivity index (χ2n) is 6.47. The average molecular weight is 444 g/mol. The van der Waals surface area contributed by atoms with Crippen LogP contribution in [-0.4, -0.2) is 28.5 Å². The number of fused-ring (bicyclic) bond motifs is 1. The molecule has 3 rings (SSSR count). The van der Waals surface area contributed by atoms with Crippen molar-refractivity contribution in [2.45, 2.75) is 26.5 Å². The van der Waals surface area contributed by atoms with Crippen molar-refractivity contribution < 1.29 is 14.3 Å². The molecule has 0 spiro atoms. The van der Waals surface area contributed by atoms with E-state index in [1.54, 1.807) is 13.2 Å². The van der Waals surface area contributed by atoms with E-state index < -0.39 is 0 Å². The summed E-state index contributed by atoms with van der Waals surface area (Å²) in [4.78, 5) is 16.6. The summed E-state index contributed by atoms with van der Waals surface area (Å²) in [6.45, 7) is 4.27. The summed E-state index contributed by atoms with van der Waals surface area (Å²) in [6, 6.07) is 9.39. The molecule has 0 aliphatic rings. The van der Waals surface area contributed by atoms with Gasteiger partial charge in [0, 0.05) is 22.9 Å². The molecule has 0 aliphatic heterocycles. The first-order chi connectivity index (χ1) is 13.4. The Morgan fingerprint density at radius 2 is 2.07 bits per heavy atom. The zero-order valence-corrected chi connectivity index (χ0v) is 17.6. The molecule has 0 saturated heterocycles.